The maximum atomic E-state index is 6.14. The molecule has 0 aliphatic carbocycles. The molecule has 1 aliphatic rings. The summed E-state index contributed by atoms with van der Waals surface area (Å²) in [6.45, 7) is 0. The van der Waals surface area contributed by atoms with Crippen LogP contribution in [-0.4, -0.2) is 25.7 Å². The highest BCUT2D eigenvalue weighted by atomic mass is 16.5. The summed E-state index contributed by atoms with van der Waals surface area (Å²) in [7, 11) is 1.61. The van der Waals surface area contributed by atoms with Crippen LogP contribution >= 0.6 is 0 Å². The van der Waals surface area contributed by atoms with Crippen LogP contribution in [0.25, 0.3) is 0 Å². The molecule has 2 atom stereocenters. The van der Waals surface area contributed by atoms with Crippen molar-refractivity contribution in [1.82, 2.24) is 0 Å². The lowest BCUT2D eigenvalue weighted by atomic mass is 9.97. The van der Waals surface area contributed by atoms with Crippen molar-refractivity contribution in [3.63, 3.8) is 0 Å². The molecule has 84 valence electrons. The summed E-state index contributed by atoms with van der Waals surface area (Å²) >= 11 is 0. The van der Waals surface area contributed by atoms with Crippen LogP contribution in [0, 0.1) is 0 Å². The fraction of sp³-hybridized carbons (Fsp3) is 0.273. The summed E-state index contributed by atoms with van der Waals surface area (Å²) in [4.78, 5) is 8.26. The number of benzene rings is 1. The van der Waals surface area contributed by atoms with E-state index in [0.717, 1.165) is 11.3 Å². The van der Waals surface area contributed by atoms with Crippen molar-refractivity contribution in [2.75, 3.05) is 7.11 Å². The number of nitrogens with zero attached hydrogens (tertiary/aromatic N) is 2. The Hall–Kier alpha value is -1.72. The van der Waals surface area contributed by atoms with Crippen LogP contribution in [0.3, 0.4) is 0 Å². The van der Waals surface area contributed by atoms with E-state index in [1.807, 2.05) is 24.3 Å². The number of nitrogens with two attached hydrogens (primary N) is 2. The molecule has 1 heterocycles. The number of rotatable bonds is 2. The summed E-state index contributed by atoms with van der Waals surface area (Å²) in [5.41, 5.74) is 11.8. The fourth-order valence-corrected chi connectivity index (χ4v) is 1.58. The molecule has 5 nitrogen and oxygen atoms in total. The smallest absolute Gasteiger partial charge is 0.169 e. The maximum absolute atomic E-state index is 6.14. The second-order valence-corrected chi connectivity index (χ2v) is 3.57. The molecule has 1 aliphatic heterocycles. The summed E-state index contributed by atoms with van der Waals surface area (Å²) in [5.74, 6) is 0.768. The van der Waals surface area contributed by atoms with Gasteiger partial charge < -0.3 is 16.2 Å². The van der Waals surface area contributed by atoms with Crippen LogP contribution in [-0.2, 0) is 5.66 Å². The van der Waals surface area contributed by atoms with Gasteiger partial charge in [0.15, 0.2) is 5.66 Å². The van der Waals surface area contributed by atoms with Crippen molar-refractivity contribution >= 4 is 12.4 Å². The average molecular weight is 218 g/mol. The molecular weight excluding hydrogens is 204 g/mol. The van der Waals surface area contributed by atoms with E-state index < -0.39 is 11.8 Å². The van der Waals surface area contributed by atoms with Gasteiger partial charge in [-0.25, -0.2) is 0 Å². The van der Waals surface area contributed by atoms with E-state index >= 15 is 0 Å². The molecule has 2 rings (SSSR count). The van der Waals surface area contributed by atoms with Crippen molar-refractivity contribution in [2.45, 2.75) is 11.8 Å². The molecule has 5 heteroatoms. The monoisotopic (exact) mass is 218 g/mol. The van der Waals surface area contributed by atoms with Crippen LogP contribution in [0.5, 0.6) is 5.75 Å². The Morgan fingerprint density at radius 3 is 2.50 bits per heavy atom. The van der Waals surface area contributed by atoms with Crippen molar-refractivity contribution in [1.29, 1.82) is 0 Å². The number of hydrogen-bond donors (Lipinski definition) is 2. The Labute approximate surface area is 93.8 Å². The Bertz CT molecular complexity index is 426. The number of methoxy groups -OCH3 is 1. The van der Waals surface area contributed by atoms with Crippen LogP contribution in [0.1, 0.15) is 5.56 Å². The van der Waals surface area contributed by atoms with E-state index in [0.29, 0.717) is 0 Å². The van der Waals surface area contributed by atoms with Gasteiger partial charge in [-0.3, -0.25) is 9.98 Å². The molecule has 0 bridgehead atoms. The van der Waals surface area contributed by atoms with E-state index in [4.69, 9.17) is 16.2 Å². The van der Waals surface area contributed by atoms with E-state index in [1.165, 1.54) is 0 Å². The van der Waals surface area contributed by atoms with Gasteiger partial charge >= 0.3 is 0 Å². The van der Waals surface area contributed by atoms with E-state index in [9.17, 15) is 0 Å². The second kappa shape index (κ2) is 4.03. The molecule has 4 N–H and O–H groups in total. The minimum Gasteiger partial charge on any atom is -0.497 e. The van der Waals surface area contributed by atoms with Crippen LogP contribution in [0.15, 0.2) is 34.3 Å². The fourth-order valence-electron chi connectivity index (χ4n) is 1.58. The van der Waals surface area contributed by atoms with Crippen LogP contribution in [0.4, 0.5) is 0 Å². The van der Waals surface area contributed by atoms with E-state index in [1.54, 1.807) is 19.5 Å². The molecule has 0 saturated heterocycles. The minimum atomic E-state index is -0.985. The van der Waals surface area contributed by atoms with Gasteiger partial charge in [-0.15, -0.1) is 0 Å². The summed E-state index contributed by atoms with van der Waals surface area (Å²) in [6, 6.07) is 7.34. The van der Waals surface area contributed by atoms with Crippen molar-refractivity contribution in [3.05, 3.63) is 29.8 Å². The first-order chi connectivity index (χ1) is 7.66. The Morgan fingerprint density at radius 1 is 1.25 bits per heavy atom. The van der Waals surface area contributed by atoms with Crippen molar-refractivity contribution < 1.29 is 4.74 Å². The predicted molar refractivity (Wildman–Crippen MR) is 63.8 cm³/mol. The lowest BCUT2D eigenvalue weighted by Gasteiger charge is -2.30. The lowest BCUT2D eigenvalue weighted by molar-refractivity contribution is 0.376. The molecule has 0 radical (unpaired) electrons. The molecule has 0 amide bonds. The number of hydrogen-bond acceptors (Lipinski definition) is 5. The van der Waals surface area contributed by atoms with Gasteiger partial charge in [0.25, 0.3) is 0 Å². The third-order valence-corrected chi connectivity index (χ3v) is 2.60. The molecule has 1 aromatic carbocycles. The summed E-state index contributed by atoms with van der Waals surface area (Å²) in [5, 5.41) is 0. The molecule has 0 aromatic heterocycles. The zero-order chi connectivity index (χ0) is 11.6. The van der Waals surface area contributed by atoms with E-state index in [2.05, 4.69) is 9.98 Å². The second-order valence-electron chi connectivity index (χ2n) is 3.57. The van der Waals surface area contributed by atoms with Gasteiger partial charge in [0.2, 0.25) is 0 Å². The highest BCUT2D eigenvalue weighted by Gasteiger charge is 2.34. The molecular formula is C11H14N4O. The minimum absolute atomic E-state index is 0.564. The Balaban J connectivity index is 2.35. The molecule has 0 saturated carbocycles. The van der Waals surface area contributed by atoms with Crippen LogP contribution in [0.2, 0.25) is 0 Å². The largest absolute Gasteiger partial charge is 0.497 e. The highest BCUT2D eigenvalue weighted by molar-refractivity contribution is 6.16. The number of aliphatic imine (C=N–C) groups is 2. The van der Waals surface area contributed by atoms with Gasteiger partial charge in [0.05, 0.1) is 7.11 Å². The average Bonchev–Trinajstić information content (AvgIpc) is 2.33. The molecule has 0 spiro atoms. The van der Waals surface area contributed by atoms with Gasteiger partial charge in [-0.2, -0.15) is 0 Å². The van der Waals surface area contributed by atoms with Crippen molar-refractivity contribution in [3.8, 4) is 5.75 Å². The predicted octanol–water partition coefficient (Wildman–Crippen LogP) is 0.247. The number of ether oxygens (including phenoxy) is 1. The van der Waals surface area contributed by atoms with Gasteiger partial charge in [0.1, 0.15) is 11.9 Å². The van der Waals surface area contributed by atoms with Crippen LogP contribution < -0.4 is 16.2 Å². The molecule has 0 fully saturated rings. The standard InChI is InChI=1S/C11H14N4O/c1-16-9-4-2-8(3-5-9)11(13)10(12)14-6-7-15-11/h2-7,10H,12-13H2,1H3. The molecule has 1 aromatic rings. The zero-order valence-corrected chi connectivity index (χ0v) is 9.00. The third-order valence-electron chi connectivity index (χ3n) is 2.60. The quantitative estimate of drug-likeness (QED) is 0.745. The maximum Gasteiger partial charge on any atom is 0.169 e. The summed E-state index contributed by atoms with van der Waals surface area (Å²) < 4.78 is 5.08. The van der Waals surface area contributed by atoms with E-state index in [-0.39, 0.29) is 0 Å². The topological polar surface area (TPSA) is 86.0 Å². The first-order valence-electron chi connectivity index (χ1n) is 4.93. The zero-order valence-electron chi connectivity index (χ0n) is 9.00. The van der Waals surface area contributed by atoms with Gasteiger partial charge in [-0.1, -0.05) is 12.1 Å². The van der Waals surface area contributed by atoms with Gasteiger partial charge in [-0.05, 0) is 17.7 Å². The van der Waals surface area contributed by atoms with Crippen molar-refractivity contribution in [2.24, 2.45) is 21.5 Å². The summed E-state index contributed by atoms with van der Waals surface area (Å²) in [6.07, 6.45) is 2.55. The molecule has 2 unspecified atom stereocenters. The third kappa shape index (κ3) is 1.70. The first kappa shape index (κ1) is 10.8. The molecule has 16 heavy (non-hydrogen) atoms. The SMILES string of the molecule is COc1ccc(C2(N)N=CC=NC2N)cc1. The lowest BCUT2D eigenvalue weighted by Crippen LogP contribution is -2.51. The first-order valence-corrected chi connectivity index (χ1v) is 4.93. The highest BCUT2D eigenvalue weighted by Crippen LogP contribution is 2.26. The normalized spacial score (nSPS) is 28.1. The Morgan fingerprint density at radius 2 is 1.94 bits per heavy atom. The Kier molecular flexibility index (Phi) is 2.72. The van der Waals surface area contributed by atoms with Gasteiger partial charge in [0, 0.05) is 12.4 Å².